The molecule has 31 heavy (non-hydrogen) atoms. The van der Waals surface area contributed by atoms with Crippen molar-refractivity contribution in [3.63, 3.8) is 0 Å². The summed E-state index contributed by atoms with van der Waals surface area (Å²) in [4.78, 5) is 10.9. The Balaban J connectivity index is 3.92. The minimum atomic E-state index is -0.754. The molecule has 0 aromatic heterocycles. The van der Waals surface area contributed by atoms with E-state index in [4.69, 9.17) is 5.11 Å². The zero-order valence-corrected chi connectivity index (χ0v) is 21.6. The summed E-state index contributed by atoms with van der Waals surface area (Å²) in [6.07, 6.45) is 22.8. The highest BCUT2D eigenvalue weighted by Gasteiger charge is 2.34. The van der Waals surface area contributed by atoms with Gasteiger partial charge in [-0.15, -0.1) is 0 Å². The Morgan fingerprint density at radius 2 is 1.06 bits per heavy atom. The molecule has 0 amide bonds. The standard InChI is InChI=1S/C27H55NO3/c1-5-7-9-10-11-12-13-14-15-16-17-18-19-20-23-27(31,22-8-6-2)25-28(3,4)24-21-26(29)30/h31H,5-25H2,1-4H3/p+1. The lowest BCUT2D eigenvalue weighted by molar-refractivity contribution is -0.896. The van der Waals surface area contributed by atoms with E-state index >= 15 is 0 Å². The first-order valence-electron chi connectivity index (χ1n) is 13.5. The topological polar surface area (TPSA) is 57.5 Å². The molecule has 0 saturated heterocycles. The SMILES string of the molecule is CCCCCCCCCCCCCCCCC(O)(CCCC)C[N+](C)(C)CCC(=O)O. The third-order valence-corrected chi connectivity index (χ3v) is 6.64. The quantitative estimate of drug-likeness (QED) is 0.129. The molecule has 4 heteroatoms. The van der Waals surface area contributed by atoms with Gasteiger partial charge in [-0.05, 0) is 12.8 Å². The van der Waals surface area contributed by atoms with Gasteiger partial charge >= 0.3 is 5.97 Å². The van der Waals surface area contributed by atoms with Crippen LogP contribution < -0.4 is 0 Å². The number of likely N-dealkylation sites (N-methyl/N-ethyl adjacent to an activating group) is 1. The molecule has 186 valence electrons. The highest BCUT2D eigenvalue weighted by Crippen LogP contribution is 2.26. The van der Waals surface area contributed by atoms with E-state index < -0.39 is 11.6 Å². The van der Waals surface area contributed by atoms with Gasteiger partial charge in [0, 0.05) is 0 Å². The van der Waals surface area contributed by atoms with Crippen molar-refractivity contribution >= 4 is 5.97 Å². The average molecular weight is 443 g/mol. The van der Waals surface area contributed by atoms with Crippen molar-refractivity contribution in [2.45, 2.75) is 141 Å². The van der Waals surface area contributed by atoms with Gasteiger partial charge in [-0.25, -0.2) is 0 Å². The van der Waals surface area contributed by atoms with Gasteiger partial charge in [0.05, 0.1) is 27.1 Å². The van der Waals surface area contributed by atoms with Crippen LogP contribution in [0.25, 0.3) is 0 Å². The Hall–Kier alpha value is -0.610. The van der Waals surface area contributed by atoms with Crippen molar-refractivity contribution in [3.05, 3.63) is 0 Å². The molecule has 0 aromatic rings. The summed E-state index contributed by atoms with van der Waals surface area (Å²) >= 11 is 0. The Morgan fingerprint density at radius 3 is 1.48 bits per heavy atom. The first kappa shape index (κ1) is 30.4. The van der Waals surface area contributed by atoms with E-state index in [0.717, 1.165) is 32.1 Å². The van der Waals surface area contributed by atoms with E-state index in [1.165, 1.54) is 83.5 Å². The molecule has 0 aromatic carbocycles. The second-order valence-electron chi connectivity index (χ2n) is 10.6. The lowest BCUT2D eigenvalue weighted by Crippen LogP contribution is -2.52. The fourth-order valence-electron chi connectivity index (χ4n) is 4.71. The zero-order valence-electron chi connectivity index (χ0n) is 21.6. The molecule has 1 unspecified atom stereocenters. The molecule has 0 spiro atoms. The van der Waals surface area contributed by atoms with Crippen LogP contribution in [0.1, 0.15) is 136 Å². The number of quaternary nitrogens is 1. The van der Waals surface area contributed by atoms with Gasteiger partial charge in [0.15, 0.2) is 0 Å². The summed E-state index contributed by atoms with van der Waals surface area (Å²) in [7, 11) is 4.09. The molecule has 0 rings (SSSR count). The third kappa shape index (κ3) is 19.8. The Kier molecular flexibility index (Phi) is 18.5. The number of hydrogen-bond acceptors (Lipinski definition) is 2. The first-order chi connectivity index (χ1) is 14.7. The molecule has 0 aliphatic heterocycles. The van der Waals surface area contributed by atoms with Crippen LogP contribution in [-0.2, 0) is 4.79 Å². The van der Waals surface area contributed by atoms with Crippen molar-refractivity contribution in [1.29, 1.82) is 0 Å². The van der Waals surface area contributed by atoms with Crippen molar-refractivity contribution in [2.24, 2.45) is 0 Å². The van der Waals surface area contributed by atoms with Gasteiger partial charge in [0.1, 0.15) is 12.1 Å². The molecule has 2 N–H and O–H groups in total. The van der Waals surface area contributed by atoms with Gasteiger partial charge in [-0.1, -0.05) is 117 Å². The summed E-state index contributed by atoms with van der Waals surface area (Å²) in [6, 6.07) is 0. The van der Waals surface area contributed by atoms with E-state index in [1.807, 2.05) is 14.1 Å². The molecule has 0 aliphatic carbocycles. The van der Waals surface area contributed by atoms with Crippen molar-refractivity contribution < 1.29 is 19.5 Å². The molecule has 0 radical (unpaired) electrons. The molecular formula is C27H56NO3+. The van der Waals surface area contributed by atoms with E-state index in [9.17, 15) is 9.90 Å². The van der Waals surface area contributed by atoms with Crippen LogP contribution in [0.3, 0.4) is 0 Å². The maximum absolute atomic E-state index is 11.3. The van der Waals surface area contributed by atoms with E-state index in [0.29, 0.717) is 17.6 Å². The second kappa shape index (κ2) is 18.9. The molecule has 1 atom stereocenters. The van der Waals surface area contributed by atoms with Crippen LogP contribution in [0.2, 0.25) is 0 Å². The number of carboxylic acid groups (broad SMARTS) is 1. The lowest BCUT2D eigenvalue weighted by atomic mass is 9.89. The minimum Gasteiger partial charge on any atom is -0.481 e. The van der Waals surface area contributed by atoms with Gasteiger partial charge in [0.2, 0.25) is 0 Å². The molecule has 0 saturated carbocycles. The Bertz CT molecular complexity index is 425. The zero-order chi connectivity index (χ0) is 23.4. The van der Waals surface area contributed by atoms with Crippen LogP contribution in [0.15, 0.2) is 0 Å². The third-order valence-electron chi connectivity index (χ3n) is 6.64. The summed E-state index contributed by atoms with van der Waals surface area (Å²) in [5.74, 6) is -0.754. The highest BCUT2D eigenvalue weighted by molar-refractivity contribution is 5.66. The van der Waals surface area contributed by atoms with Gasteiger partial charge in [-0.2, -0.15) is 0 Å². The summed E-state index contributed by atoms with van der Waals surface area (Å²) in [5.41, 5.74) is -0.658. The molecular weight excluding hydrogens is 386 g/mol. The van der Waals surface area contributed by atoms with Gasteiger partial charge in [0.25, 0.3) is 0 Å². The predicted molar refractivity (Wildman–Crippen MR) is 133 cm³/mol. The maximum atomic E-state index is 11.3. The molecule has 0 heterocycles. The highest BCUT2D eigenvalue weighted by atomic mass is 16.4. The first-order valence-corrected chi connectivity index (χ1v) is 13.5. The molecule has 4 nitrogen and oxygen atoms in total. The number of hydrogen-bond donors (Lipinski definition) is 2. The Labute approximate surface area is 194 Å². The lowest BCUT2D eigenvalue weighted by Gasteiger charge is -2.38. The number of carbonyl (C=O) groups is 1. The summed E-state index contributed by atoms with van der Waals surface area (Å²) < 4.78 is 0.575. The number of nitrogens with zero attached hydrogens (tertiary/aromatic N) is 1. The summed E-state index contributed by atoms with van der Waals surface area (Å²) in [5, 5.41) is 20.3. The maximum Gasteiger partial charge on any atom is 0.309 e. The fourth-order valence-corrected chi connectivity index (χ4v) is 4.71. The van der Waals surface area contributed by atoms with E-state index in [1.54, 1.807) is 0 Å². The smallest absolute Gasteiger partial charge is 0.309 e. The number of carboxylic acids is 1. The fraction of sp³-hybridized carbons (Fsp3) is 0.963. The van der Waals surface area contributed by atoms with Crippen LogP contribution >= 0.6 is 0 Å². The number of unbranched alkanes of at least 4 members (excludes halogenated alkanes) is 14. The Morgan fingerprint density at radius 1 is 0.677 bits per heavy atom. The number of aliphatic carboxylic acids is 1. The van der Waals surface area contributed by atoms with E-state index in [2.05, 4.69) is 13.8 Å². The molecule has 0 aliphatic rings. The predicted octanol–water partition coefficient (Wildman–Crippen LogP) is 7.33. The van der Waals surface area contributed by atoms with Crippen molar-refractivity contribution in [1.82, 2.24) is 0 Å². The minimum absolute atomic E-state index is 0.162. The van der Waals surface area contributed by atoms with Gasteiger partial charge in [-0.3, -0.25) is 4.79 Å². The summed E-state index contributed by atoms with van der Waals surface area (Å²) in [6.45, 7) is 5.66. The average Bonchev–Trinajstić information content (AvgIpc) is 2.71. The van der Waals surface area contributed by atoms with Crippen LogP contribution in [-0.4, -0.2) is 53.5 Å². The monoisotopic (exact) mass is 442 g/mol. The van der Waals surface area contributed by atoms with Crippen molar-refractivity contribution in [3.8, 4) is 0 Å². The van der Waals surface area contributed by atoms with Gasteiger partial charge < -0.3 is 14.7 Å². The normalized spacial score (nSPS) is 14.0. The van der Waals surface area contributed by atoms with Crippen molar-refractivity contribution in [2.75, 3.05) is 27.2 Å². The largest absolute Gasteiger partial charge is 0.481 e. The van der Waals surface area contributed by atoms with Crippen LogP contribution in [0.5, 0.6) is 0 Å². The van der Waals surface area contributed by atoms with Crippen LogP contribution in [0, 0.1) is 0 Å². The second-order valence-corrected chi connectivity index (χ2v) is 10.6. The molecule has 0 fully saturated rings. The molecule has 0 bridgehead atoms. The van der Waals surface area contributed by atoms with E-state index in [-0.39, 0.29) is 6.42 Å². The number of aliphatic hydroxyl groups is 1. The van der Waals surface area contributed by atoms with Crippen LogP contribution in [0.4, 0.5) is 0 Å². The number of rotatable bonds is 23.